The summed E-state index contributed by atoms with van der Waals surface area (Å²) in [5, 5.41) is 13.7. The molecule has 0 unspecified atom stereocenters. The van der Waals surface area contributed by atoms with Crippen LogP contribution in [0.15, 0.2) is 21.4 Å². The molecule has 0 saturated heterocycles. The zero-order valence-corrected chi connectivity index (χ0v) is 12.3. The number of hydrogen-bond donors (Lipinski definition) is 1. The number of aromatic nitrogens is 3. The molecule has 0 amide bonds. The van der Waals surface area contributed by atoms with Gasteiger partial charge in [-0.05, 0) is 32.9 Å². The molecule has 0 aromatic carbocycles. The van der Waals surface area contributed by atoms with E-state index in [0.29, 0.717) is 6.04 Å². The lowest BCUT2D eigenvalue weighted by molar-refractivity contribution is 0.580. The molecule has 4 nitrogen and oxygen atoms in total. The summed E-state index contributed by atoms with van der Waals surface area (Å²) in [7, 11) is 0. The first kappa shape index (κ1) is 12.7. The molecule has 92 valence electrons. The van der Waals surface area contributed by atoms with Gasteiger partial charge in [-0.1, -0.05) is 19.1 Å². The second-order valence-electron chi connectivity index (χ2n) is 4.20. The summed E-state index contributed by atoms with van der Waals surface area (Å²) < 4.78 is 3.01. The normalized spacial score (nSPS) is 11.3. The Morgan fingerprint density at radius 1 is 1.53 bits per heavy atom. The van der Waals surface area contributed by atoms with Gasteiger partial charge in [0.2, 0.25) is 0 Å². The molecule has 17 heavy (non-hydrogen) atoms. The molecule has 6 heteroatoms. The van der Waals surface area contributed by atoms with Crippen LogP contribution >= 0.6 is 27.3 Å². The van der Waals surface area contributed by atoms with E-state index in [2.05, 4.69) is 56.9 Å². The highest BCUT2D eigenvalue weighted by molar-refractivity contribution is 9.11. The number of nitrogens with one attached hydrogen (secondary N) is 1. The maximum Gasteiger partial charge on any atom is 0.0965 e. The van der Waals surface area contributed by atoms with Crippen molar-refractivity contribution in [2.45, 2.75) is 33.0 Å². The summed E-state index contributed by atoms with van der Waals surface area (Å²) in [4.78, 5) is 0. The van der Waals surface area contributed by atoms with Crippen molar-refractivity contribution < 1.29 is 0 Å². The van der Waals surface area contributed by atoms with Gasteiger partial charge in [-0.25, -0.2) is 4.68 Å². The van der Waals surface area contributed by atoms with Gasteiger partial charge in [-0.2, -0.15) is 0 Å². The van der Waals surface area contributed by atoms with Crippen LogP contribution in [0.5, 0.6) is 0 Å². The molecule has 2 heterocycles. The van der Waals surface area contributed by atoms with Crippen LogP contribution in [0.3, 0.4) is 0 Å². The quantitative estimate of drug-likeness (QED) is 0.922. The Balaban J connectivity index is 1.94. The van der Waals surface area contributed by atoms with Crippen molar-refractivity contribution in [3.8, 4) is 0 Å². The lowest BCUT2D eigenvalue weighted by Crippen LogP contribution is -2.21. The Hall–Kier alpha value is -0.720. The minimum atomic E-state index is 0.466. The fourth-order valence-corrected chi connectivity index (χ4v) is 2.62. The lowest BCUT2D eigenvalue weighted by atomic mass is 10.3. The van der Waals surface area contributed by atoms with E-state index in [1.54, 1.807) is 11.3 Å². The van der Waals surface area contributed by atoms with E-state index in [1.165, 1.54) is 5.56 Å². The Morgan fingerprint density at radius 3 is 3.00 bits per heavy atom. The molecule has 0 atom stereocenters. The van der Waals surface area contributed by atoms with Gasteiger partial charge in [0.1, 0.15) is 0 Å². The first-order chi connectivity index (χ1) is 8.13. The van der Waals surface area contributed by atoms with Gasteiger partial charge >= 0.3 is 0 Å². The molecule has 0 aliphatic rings. The van der Waals surface area contributed by atoms with Gasteiger partial charge in [-0.3, -0.25) is 0 Å². The number of hydrogen-bond acceptors (Lipinski definition) is 4. The lowest BCUT2D eigenvalue weighted by Gasteiger charge is -2.04. The van der Waals surface area contributed by atoms with E-state index in [-0.39, 0.29) is 0 Å². The number of thiophene rings is 1. The third-order valence-electron chi connectivity index (χ3n) is 2.24. The first-order valence-electron chi connectivity index (χ1n) is 5.49. The molecule has 0 aliphatic heterocycles. The van der Waals surface area contributed by atoms with Crippen LogP contribution in [0.25, 0.3) is 0 Å². The zero-order valence-electron chi connectivity index (χ0n) is 9.85. The molecule has 2 rings (SSSR count). The van der Waals surface area contributed by atoms with Crippen LogP contribution in [0, 0.1) is 0 Å². The largest absolute Gasteiger partial charge is 0.309 e. The molecule has 1 N–H and O–H groups in total. The molecule has 0 spiro atoms. The Morgan fingerprint density at radius 2 is 2.35 bits per heavy atom. The summed E-state index contributed by atoms with van der Waals surface area (Å²) in [5.74, 6) is 0. The third kappa shape index (κ3) is 3.90. The molecule has 2 aromatic rings. The topological polar surface area (TPSA) is 42.7 Å². The van der Waals surface area contributed by atoms with Crippen LogP contribution in [0.2, 0.25) is 0 Å². The van der Waals surface area contributed by atoms with Crippen molar-refractivity contribution in [2.24, 2.45) is 0 Å². The van der Waals surface area contributed by atoms with Crippen molar-refractivity contribution in [1.82, 2.24) is 20.3 Å². The fraction of sp³-hybridized carbons (Fsp3) is 0.455. The van der Waals surface area contributed by atoms with Crippen molar-refractivity contribution in [3.05, 3.63) is 32.7 Å². The van der Waals surface area contributed by atoms with Crippen LogP contribution in [-0.4, -0.2) is 21.0 Å². The van der Waals surface area contributed by atoms with E-state index >= 15 is 0 Å². The van der Waals surface area contributed by atoms with Crippen molar-refractivity contribution in [2.75, 3.05) is 0 Å². The maximum absolute atomic E-state index is 4.13. The summed E-state index contributed by atoms with van der Waals surface area (Å²) in [6, 6.07) is 2.58. The van der Waals surface area contributed by atoms with E-state index in [9.17, 15) is 0 Å². The second kappa shape index (κ2) is 5.75. The molecular formula is C11H15BrN4S. The molecule has 0 aliphatic carbocycles. The van der Waals surface area contributed by atoms with Gasteiger partial charge in [0.15, 0.2) is 0 Å². The third-order valence-corrected chi connectivity index (χ3v) is 3.80. The van der Waals surface area contributed by atoms with Gasteiger partial charge < -0.3 is 5.32 Å². The number of nitrogens with zero attached hydrogens (tertiary/aromatic N) is 3. The fourth-order valence-electron chi connectivity index (χ4n) is 1.42. The van der Waals surface area contributed by atoms with Crippen molar-refractivity contribution in [1.29, 1.82) is 0 Å². The molecule has 0 bridgehead atoms. The zero-order chi connectivity index (χ0) is 12.3. The van der Waals surface area contributed by atoms with Crippen LogP contribution in [0.1, 0.15) is 25.1 Å². The number of rotatable bonds is 5. The summed E-state index contributed by atoms with van der Waals surface area (Å²) in [6.07, 6.45) is 1.99. The molecular weight excluding hydrogens is 300 g/mol. The summed E-state index contributed by atoms with van der Waals surface area (Å²) in [6.45, 7) is 5.78. The predicted molar refractivity (Wildman–Crippen MR) is 73.1 cm³/mol. The Labute approximate surface area is 113 Å². The second-order valence-corrected chi connectivity index (χ2v) is 6.49. The van der Waals surface area contributed by atoms with Gasteiger partial charge in [-0.15, -0.1) is 16.4 Å². The van der Waals surface area contributed by atoms with E-state index in [1.807, 2.05) is 10.9 Å². The average Bonchev–Trinajstić information content (AvgIpc) is 2.86. The van der Waals surface area contributed by atoms with Crippen LogP contribution in [0.4, 0.5) is 0 Å². The molecule has 0 radical (unpaired) electrons. The molecule has 0 saturated carbocycles. The number of halogens is 1. The standard InChI is InChI=1S/C11H15BrN4S/c1-8(2)13-4-10-6-16(15-14-10)5-9-3-11(12)17-7-9/h3,6-8,13H,4-5H2,1-2H3. The van der Waals surface area contributed by atoms with Gasteiger partial charge in [0.25, 0.3) is 0 Å². The maximum atomic E-state index is 4.13. The summed E-state index contributed by atoms with van der Waals surface area (Å²) >= 11 is 5.14. The monoisotopic (exact) mass is 314 g/mol. The van der Waals surface area contributed by atoms with Crippen molar-refractivity contribution >= 4 is 27.3 Å². The minimum absolute atomic E-state index is 0.466. The SMILES string of the molecule is CC(C)NCc1cn(Cc2csc(Br)c2)nn1. The van der Waals surface area contributed by atoms with E-state index < -0.39 is 0 Å². The van der Waals surface area contributed by atoms with Crippen LogP contribution in [-0.2, 0) is 13.1 Å². The van der Waals surface area contributed by atoms with Crippen LogP contribution < -0.4 is 5.32 Å². The highest BCUT2D eigenvalue weighted by Crippen LogP contribution is 2.21. The highest BCUT2D eigenvalue weighted by atomic mass is 79.9. The smallest absolute Gasteiger partial charge is 0.0965 e. The average molecular weight is 315 g/mol. The van der Waals surface area contributed by atoms with Crippen molar-refractivity contribution in [3.63, 3.8) is 0 Å². The Kier molecular flexibility index (Phi) is 4.31. The van der Waals surface area contributed by atoms with E-state index in [0.717, 1.165) is 22.6 Å². The van der Waals surface area contributed by atoms with Gasteiger partial charge in [0.05, 0.1) is 22.2 Å². The molecule has 0 fully saturated rings. The molecule has 2 aromatic heterocycles. The predicted octanol–water partition coefficient (Wildman–Crippen LogP) is 2.65. The highest BCUT2D eigenvalue weighted by Gasteiger charge is 2.03. The summed E-state index contributed by atoms with van der Waals surface area (Å²) in [5.41, 5.74) is 2.23. The first-order valence-corrected chi connectivity index (χ1v) is 7.16. The van der Waals surface area contributed by atoms with Gasteiger partial charge in [0, 0.05) is 12.6 Å². The van der Waals surface area contributed by atoms with E-state index in [4.69, 9.17) is 0 Å². The Bertz CT molecular complexity index is 477. The minimum Gasteiger partial charge on any atom is -0.309 e.